The number of nitrogens with zero attached hydrogens (tertiary/aromatic N) is 1. The van der Waals surface area contributed by atoms with Gasteiger partial charge in [0.15, 0.2) is 0 Å². The zero-order chi connectivity index (χ0) is 10.8. The van der Waals surface area contributed by atoms with Crippen LogP contribution in [-0.2, 0) is 6.61 Å². The van der Waals surface area contributed by atoms with E-state index in [2.05, 4.69) is 9.97 Å². The lowest BCUT2D eigenvalue weighted by Crippen LogP contribution is -1.86. The first-order valence-corrected chi connectivity index (χ1v) is 4.30. The number of nitrogens with one attached hydrogen (secondary N) is 1. The topological polar surface area (TPSA) is 48.9 Å². The molecule has 15 heavy (non-hydrogen) atoms. The average Bonchev–Trinajstić information content (AvgIpc) is 2.64. The van der Waals surface area contributed by atoms with Gasteiger partial charge in [-0.15, -0.1) is 0 Å². The fourth-order valence-electron chi connectivity index (χ4n) is 1.30. The number of hydrogen-bond donors (Lipinski definition) is 2. The SMILES string of the molecule is OCc1ncc(-c2cc(F)cc(F)c2)[nH]1. The van der Waals surface area contributed by atoms with Gasteiger partial charge in [0.05, 0.1) is 11.9 Å². The number of hydrogen-bond acceptors (Lipinski definition) is 2. The van der Waals surface area contributed by atoms with Gasteiger partial charge in [0, 0.05) is 11.6 Å². The maximum atomic E-state index is 12.9. The molecular weight excluding hydrogens is 202 g/mol. The van der Waals surface area contributed by atoms with Crippen molar-refractivity contribution in [2.75, 3.05) is 0 Å². The highest BCUT2D eigenvalue weighted by molar-refractivity contribution is 5.58. The van der Waals surface area contributed by atoms with Crippen LogP contribution in [0.3, 0.4) is 0 Å². The number of imidazole rings is 1. The van der Waals surface area contributed by atoms with Gasteiger partial charge in [-0.1, -0.05) is 0 Å². The Balaban J connectivity index is 2.44. The molecule has 0 bridgehead atoms. The Hall–Kier alpha value is -1.75. The third kappa shape index (κ3) is 2.02. The van der Waals surface area contributed by atoms with Crippen molar-refractivity contribution in [3.8, 4) is 11.3 Å². The van der Waals surface area contributed by atoms with Gasteiger partial charge >= 0.3 is 0 Å². The van der Waals surface area contributed by atoms with E-state index in [-0.39, 0.29) is 6.61 Å². The van der Waals surface area contributed by atoms with Gasteiger partial charge in [0.2, 0.25) is 0 Å². The van der Waals surface area contributed by atoms with E-state index in [0.717, 1.165) is 6.07 Å². The van der Waals surface area contributed by atoms with Crippen molar-refractivity contribution in [3.63, 3.8) is 0 Å². The van der Waals surface area contributed by atoms with E-state index in [1.807, 2.05) is 0 Å². The van der Waals surface area contributed by atoms with E-state index in [4.69, 9.17) is 5.11 Å². The number of H-pyrrole nitrogens is 1. The summed E-state index contributed by atoms with van der Waals surface area (Å²) in [6.07, 6.45) is 1.42. The zero-order valence-corrected chi connectivity index (χ0v) is 7.67. The van der Waals surface area contributed by atoms with Crippen LogP contribution in [0.2, 0.25) is 0 Å². The van der Waals surface area contributed by atoms with E-state index >= 15 is 0 Å². The largest absolute Gasteiger partial charge is 0.388 e. The molecule has 5 heteroatoms. The third-order valence-corrected chi connectivity index (χ3v) is 1.95. The molecule has 1 heterocycles. The molecule has 1 aromatic carbocycles. The number of rotatable bonds is 2. The van der Waals surface area contributed by atoms with Crippen LogP contribution >= 0.6 is 0 Å². The zero-order valence-electron chi connectivity index (χ0n) is 7.67. The number of halogens is 2. The molecule has 3 nitrogen and oxygen atoms in total. The second kappa shape index (κ2) is 3.78. The van der Waals surface area contributed by atoms with E-state index in [0.29, 0.717) is 17.1 Å². The van der Waals surface area contributed by atoms with Crippen LogP contribution in [0.4, 0.5) is 8.78 Å². The average molecular weight is 210 g/mol. The summed E-state index contributed by atoms with van der Waals surface area (Å²) in [7, 11) is 0. The second-order valence-electron chi connectivity index (χ2n) is 3.06. The third-order valence-electron chi connectivity index (χ3n) is 1.95. The first-order chi connectivity index (χ1) is 7.19. The highest BCUT2D eigenvalue weighted by Gasteiger charge is 2.05. The Morgan fingerprint density at radius 2 is 1.87 bits per heavy atom. The predicted octanol–water partition coefficient (Wildman–Crippen LogP) is 1.85. The number of aliphatic hydroxyl groups excluding tert-OH is 1. The van der Waals surface area contributed by atoms with Crippen LogP contribution in [-0.4, -0.2) is 15.1 Å². The Morgan fingerprint density at radius 1 is 1.20 bits per heavy atom. The highest BCUT2D eigenvalue weighted by Crippen LogP contribution is 2.19. The van der Waals surface area contributed by atoms with Crippen molar-refractivity contribution >= 4 is 0 Å². The molecule has 0 spiro atoms. The van der Waals surface area contributed by atoms with Crippen LogP contribution in [0.1, 0.15) is 5.82 Å². The van der Waals surface area contributed by atoms with Crippen molar-refractivity contribution in [2.45, 2.75) is 6.61 Å². The van der Waals surface area contributed by atoms with E-state index in [1.165, 1.54) is 18.3 Å². The monoisotopic (exact) mass is 210 g/mol. The molecule has 0 saturated carbocycles. The predicted molar refractivity (Wildman–Crippen MR) is 49.9 cm³/mol. The molecule has 0 unspecified atom stereocenters. The van der Waals surface area contributed by atoms with Crippen molar-refractivity contribution in [2.24, 2.45) is 0 Å². The van der Waals surface area contributed by atoms with Gasteiger partial charge in [-0.25, -0.2) is 13.8 Å². The molecule has 0 aliphatic heterocycles. The molecule has 2 aromatic rings. The molecule has 0 amide bonds. The lowest BCUT2D eigenvalue weighted by molar-refractivity contribution is 0.272. The first kappa shape index (κ1) is 9.79. The van der Waals surface area contributed by atoms with E-state index in [9.17, 15) is 8.78 Å². The lowest BCUT2D eigenvalue weighted by Gasteiger charge is -1.98. The highest BCUT2D eigenvalue weighted by atomic mass is 19.1. The van der Waals surface area contributed by atoms with Gasteiger partial charge in [-0.2, -0.15) is 0 Å². The first-order valence-electron chi connectivity index (χ1n) is 4.30. The number of aromatic amines is 1. The Morgan fingerprint density at radius 3 is 2.40 bits per heavy atom. The summed E-state index contributed by atoms with van der Waals surface area (Å²) in [6, 6.07) is 3.18. The van der Waals surface area contributed by atoms with Gasteiger partial charge < -0.3 is 10.1 Å². The quantitative estimate of drug-likeness (QED) is 0.794. The minimum absolute atomic E-state index is 0.238. The molecule has 0 saturated heterocycles. The van der Waals surface area contributed by atoms with Crippen molar-refractivity contribution in [1.82, 2.24) is 9.97 Å². The van der Waals surface area contributed by atoms with E-state index < -0.39 is 11.6 Å². The Kier molecular flexibility index (Phi) is 2.47. The number of aliphatic hydroxyl groups is 1. The van der Waals surface area contributed by atoms with Crippen molar-refractivity contribution < 1.29 is 13.9 Å². The van der Waals surface area contributed by atoms with Gasteiger partial charge in [-0.3, -0.25) is 0 Å². The van der Waals surface area contributed by atoms with Crippen LogP contribution in [0, 0.1) is 11.6 Å². The molecule has 78 valence electrons. The van der Waals surface area contributed by atoms with Gasteiger partial charge in [0.25, 0.3) is 0 Å². The summed E-state index contributed by atoms with van der Waals surface area (Å²) in [6.45, 7) is -0.238. The summed E-state index contributed by atoms with van der Waals surface area (Å²) >= 11 is 0. The molecule has 0 aliphatic carbocycles. The molecular formula is C10H8F2N2O. The summed E-state index contributed by atoms with van der Waals surface area (Å²) in [5, 5.41) is 8.77. The van der Waals surface area contributed by atoms with Gasteiger partial charge in [-0.05, 0) is 12.1 Å². The minimum atomic E-state index is -0.648. The molecule has 2 rings (SSSR count). The molecule has 0 fully saturated rings. The minimum Gasteiger partial charge on any atom is -0.388 e. The summed E-state index contributed by atoms with van der Waals surface area (Å²) < 4.78 is 25.8. The number of aromatic nitrogens is 2. The molecule has 0 atom stereocenters. The molecule has 2 N–H and O–H groups in total. The summed E-state index contributed by atoms with van der Waals surface area (Å²) in [5.41, 5.74) is 0.831. The Labute approximate surface area is 84.4 Å². The van der Waals surface area contributed by atoms with Crippen LogP contribution < -0.4 is 0 Å². The maximum Gasteiger partial charge on any atom is 0.132 e. The standard InChI is InChI=1S/C10H8F2N2O/c11-7-1-6(2-8(12)3-7)9-4-13-10(5-15)14-9/h1-4,15H,5H2,(H,13,14). The van der Waals surface area contributed by atoms with E-state index in [1.54, 1.807) is 0 Å². The molecule has 0 aliphatic rings. The fourth-order valence-corrected chi connectivity index (χ4v) is 1.30. The van der Waals surface area contributed by atoms with Crippen molar-refractivity contribution in [1.29, 1.82) is 0 Å². The van der Waals surface area contributed by atoms with Crippen LogP contribution in [0.5, 0.6) is 0 Å². The normalized spacial score (nSPS) is 10.6. The summed E-state index contributed by atoms with van der Waals surface area (Å²) in [5.74, 6) is -0.940. The Bertz CT molecular complexity index is 462. The number of benzene rings is 1. The second-order valence-corrected chi connectivity index (χ2v) is 3.06. The lowest BCUT2D eigenvalue weighted by atomic mass is 10.1. The van der Waals surface area contributed by atoms with Crippen LogP contribution in [0.25, 0.3) is 11.3 Å². The van der Waals surface area contributed by atoms with Gasteiger partial charge in [0.1, 0.15) is 24.1 Å². The summed E-state index contributed by atoms with van der Waals surface area (Å²) in [4.78, 5) is 6.56. The van der Waals surface area contributed by atoms with Crippen molar-refractivity contribution in [3.05, 3.63) is 41.9 Å². The molecule has 0 radical (unpaired) electrons. The smallest absolute Gasteiger partial charge is 0.132 e. The maximum absolute atomic E-state index is 12.9. The van der Waals surface area contributed by atoms with Crippen LogP contribution in [0.15, 0.2) is 24.4 Å². The molecule has 1 aromatic heterocycles. The fraction of sp³-hybridized carbons (Fsp3) is 0.100.